The Balaban J connectivity index is 2.04. The number of allylic oxidation sites excluding steroid dienone is 2. The van der Waals surface area contributed by atoms with Crippen LogP contribution in [0.4, 0.5) is 0 Å². The smallest absolute Gasteiger partial charge is 0.307 e. The molecule has 1 aromatic rings. The molecule has 1 aliphatic carbocycles. The highest BCUT2D eigenvalue weighted by Gasteiger charge is 2.33. The summed E-state index contributed by atoms with van der Waals surface area (Å²) in [5.74, 6) is -0.452. The van der Waals surface area contributed by atoms with Crippen LogP contribution in [0.25, 0.3) is 0 Å². The number of ether oxygens (including phenoxy) is 1. The Bertz CT molecular complexity index is 455. The molecule has 2 rings (SSSR count). The molecule has 0 fully saturated rings. The first kappa shape index (κ1) is 13.7. The first-order valence-corrected chi connectivity index (χ1v) is 6.41. The van der Waals surface area contributed by atoms with E-state index in [-0.39, 0.29) is 5.92 Å². The minimum absolute atomic E-state index is 0.217. The minimum atomic E-state index is -0.812. The fourth-order valence-electron chi connectivity index (χ4n) is 2.25. The van der Waals surface area contributed by atoms with Crippen molar-refractivity contribution < 1.29 is 19.2 Å². The van der Waals surface area contributed by atoms with Gasteiger partial charge in [0.15, 0.2) is 5.82 Å². The van der Waals surface area contributed by atoms with Crippen molar-refractivity contribution in [3.63, 3.8) is 0 Å². The lowest BCUT2D eigenvalue weighted by Gasteiger charge is -2.21. The van der Waals surface area contributed by atoms with Crippen LogP contribution in [0.5, 0.6) is 0 Å². The van der Waals surface area contributed by atoms with Gasteiger partial charge in [-0.3, -0.25) is 4.79 Å². The first-order valence-electron chi connectivity index (χ1n) is 6.41. The maximum absolute atomic E-state index is 11.2. The molecular formula is C13H18N2O4. The van der Waals surface area contributed by atoms with Crippen LogP contribution >= 0.6 is 0 Å². The van der Waals surface area contributed by atoms with Crippen molar-refractivity contribution in [2.75, 3.05) is 13.7 Å². The molecule has 1 N–H and O–H groups in total. The van der Waals surface area contributed by atoms with Gasteiger partial charge in [-0.2, -0.15) is 4.98 Å². The van der Waals surface area contributed by atoms with Crippen molar-refractivity contribution in [3.05, 3.63) is 23.9 Å². The van der Waals surface area contributed by atoms with Gasteiger partial charge in [-0.15, -0.1) is 0 Å². The van der Waals surface area contributed by atoms with Crippen LogP contribution in [0, 0.1) is 5.92 Å². The Morgan fingerprint density at radius 1 is 1.53 bits per heavy atom. The summed E-state index contributed by atoms with van der Waals surface area (Å²) in [5, 5.41) is 13.1. The largest absolute Gasteiger partial charge is 0.481 e. The van der Waals surface area contributed by atoms with Crippen LogP contribution in [-0.4, -0.2) is 34.9 Å². The van der Waals surface area contributed by atoms with Gasteiger partial charge in [-0.25, -0.2) is 0 Å². The number of nitrogens with zero attached hydrogens (tertiary/aromatic N) is 2. The van der Waals surface area contributed by atoms with E-state index in [2.05, 4.69) is 10.1 Å². The van der Waals surface area contributed by atoms with Crippen molar-refractivity contribution >= 4 is 5.97 Å². The molecule has 0 aliphatic heterocycles. The monoisotopic (exact) mass is 266 g/mol. The van der Waals surface area contributed by atoms with Gasteiger partial charge in [0.25, 0.3) is 0 Å². The van der Waals surface area contributed by atoms with Gasteiger partial charge in [0.05, 0.1) is 11.8 Å². The Morgan fingerprint density at radius 3 is 3.05 bits per heavy atom. The Kier molecular flexibility index (Phi) is 4.68. The maximum Gasteiger partial charge on any atom is 0.307 e. The van der Waals surface area contributed by atoms with Crippen molar-refractivity contribution in [1.82, 2.24) is 10.1 Å². The summed E-state index contributed by atoms with van der Waals surface area (Å²) in [5.41, 5.74) is 0. The van der Waals surface area contributed by atoms with Crippen molar-refractivity contribution in [3.8, 4) is 0 Å². The van der Waals surface area contributed by atoms with E-state index in [9.17, 15) is 9.90 Å². The Labute approximate surface area is 111 Å². The third-order valence-corrected chi connectivity index (χ3v) is 3.30. The highest BCUT2D eigenvalue weighted by atomic mass is 16.5. The summed E-state index contributed by atoms with van der Waals surface area (Å²) in [6.07, 6.45) is 6.52. The number of carboxylic acids is 1. The van der Waals surface area contributed by atoms with E-state index in [1.165, 1.54) is 0 Å². The summed E-state index contributed by atoms with van der Waals surface area (Å²) < 4.78 is 10.2. The number of aromatic nitrogens is 2. The minimum Gasteiger partial charge on any atom is -0.481 e. The predicted octanol–water partition coefficient (Wildman–Crippen LogP) is 1.78. The van der Waals surface area contributed by atoms with Gasteiger partial charge in [-0.1, -0.05) is 17.3 Å². The number of hydrogen-bond donors (Lipinski definition) is 1. The fraction of sp³-hybridized carbons (Fsp3) is 0.615. The highest BCUT2D eigenvalue weighted by Crippen LogP contribution is 2.33. The molecule has 104 valence electrons. The lowest BCUT2D eigenvalue weighted by Crippen LogP contribution is -2.23. The van der Waals surface area contributed by atoms with E-state index >= 15 is 0 Å². The van der Waals surface area contributed by atoms with Gasteiger partial charge in [0.2, 0.25) is 5.89 Å². The highest BCUT2D eigenvalue weighted by molar-refractivity contribution is 5.71. The van der Waals surface area contributed by atoms with E-state index in [1.54, 1.807) is 7.11 Å². The molecule has 0 amide bonds. The number of aliphatic carboxylic acids is 1. The average molecular weight is 266 g/mol. The third kappa shape index (κ3) is 3.41. The number of rotatable bonds is 6. The lowest BCUT2D eigenvalue weighted by atomic mass is 9.83. The topological polar surface area (TPSA) is 85.5 Å². The molecular weight excluding hydrogens is 248 g/mol. The SMILES string of the molecule is COCCCc1noc(C2CC=CCC2C(=O)O)n1. The molecule has 0 bridgehead atoms. The fourth-order valence-corrected chi connectivity index (χ4v) is 2.25. The van der Waals surface area contributed by atoms with Crippen LogP contribution in [0.15, 0.2) is 16.7 Å². The number of methoxy groups -OCH3 is 1. The molecule has 0 saturated heterocycles. The second-order valence-corrected chi connectivity index (χ2v) is 4.64. The summed E-state index contributed by atoms with van der Waals surface area (Å²) in [4.78, 5) is 15.5. The second-order valence-electron chi connectivity index (χ2n) is 4.64. The van der Waals surface area contributed by atoms with Crippen molar-refractivity contribution in [2.45, 2.75) is 31.6 Å². The van der Waals surface area contributed by atoms with Crippen molar-refractivity contribution in [1.29, 1.82) is 0 Å². The quantitative estimate of drug-likeness (QED) is 0.624. The van der Waals surface area contributed by atoms with Gasteiger partial charge >= 0.3 is 5.97 Å². The van der Waals surface area contributed by atoms with E-state index in [4.69, 9.17) is 9.26 Å². The van der Waals surface area contributed by atoms with E-state index in [1.807, 2.05) is 12.2 Å². The molecule has 1 aliphatic rings. The summed E-state index contributed by atoms with van der Waals surface area (Å²) in [6.45, 7) is 0.647. The third-order valence-electron chi connectivity index (χ3n) is 3.30. The van der Waals surface area contributed by atoms with E-state index < -0.39 is 11.9 Å². The van der Waals surface area contributed by atoms with E-state index in [0.717, 1.165) is 6.42 Å². The molecule has 0 saturated carbocycles. The molecule has 6 heteroatoms. The van der Waals surface area contributed by atoms with Crippen LogP contribution in [-0.2, 0) is 16.0 Å². The molecule has 6 nitrogen and oxygen atoms in total. The summed E-state index contributed by atoms with van der Waals surface area (Å²) in [6, 6.07) is 0. The molecule has 19 heavy (non-hydrogen) atoms. The van der Waals surface area contributed by atoms with Gasteiger partial charge < -0.3 is 14.4 Å². The van der Waals surface area contributed by atoms with E-state index in [0.29, 0.717) is 37.6 Å². The Hall–Kier alpha value is -1.69. The predicted molar refractivity (Wildman–Crippen MR) is 66.7 cm³/mol. The standard InChI is InChI=1S/C13H18N2O4/c1-18-8-4-7-11-14-12(19-15-11)9-5-2-3-6-10(9)13(16)17/h2-3,9-10H,4-8H2,1H3,(H,16,17). The van der Waals surface area contributed by atoms with Crippen molar-refractivity contribution in [2.24, 2.45) is 5.92 Å². The first-order chi connectivity index (χ1) is 9.22. The second kappa shape index (κ2) is 6.47. The van der Waals surface area contributed by atoms with Crippen LogP contribution in [0.2, 0.25) is 0 Å². The molecule has 2 unspecified atom stereocenters. The van der Waals surface area contributed by atoms with Gasteiger partial charge in [-0.05, 0) is 19.3 Å². The number of hydrogen-bond acceptors (Lipinski definition) is 5. The van der Waals surface area contributed by atoms with Crippen LogP contribution < -0.4 is 0 Å². The normalized spacial score (nSPS) is 22.6. The summed E-state index contributed by atoms with van der Waals surface area (Å²) in [7, 11) is 1.65. The average Bonchev–Trinajstić information content (AvgIpc) is 2.88. The number of aryl methyl sites for hydroxylation is 1. The molecule has 2 atom stereocenters. The molecule has 0 spiro atoms. The lowest BCUT2D eigenvalue weighted by molar-refractivity contribution is -0.142. The molecule has 0 radical (unpaired) electrons. The molecule has 1 heterocycles. The van der Waals surface area contributed by atoms with Crippen LogP contribution in [0.1, 0.15) is 36.9 Å². The molecule has 0 aromatic carbocycles. The molecule has 1 aromatic heterocycles. The zero-order valence-electron chi connectivity index (χ0n) is 10.9. The van der Waals surface area contributed by atoms with Crippen LogP contribution in [0.3, 0.4) is 0 Å². The van der Waals surface area contributed by atoms with Gasteiger partial charge in [0.1, 0.15) is 0 Å². The summed E-state index contributed by atoms with van der Waals surface area (Å²) >= 11 is 0. The number of carboxylic acid groups (broad SMARTS) is 1. The maximum atomic E-state index is 11.2. The zero-order valence-corrected chi connectivity index (χ0v) is 10.9. The Morgan fingerprint density at radius 2 is 2.32 bits per heavy atom. The zero-order chi connectivity index (χ0) is 13.7. The number of carbonyl (C=O) groups is 1. The van der Waals surface area contributed by atoms with Gasteiger partial charge in [0, 0.05) is 20.1 Å².